The minimum Gasteiger partial charge on any atom is -0.376 e. The van der Waals surface area contributed by atoms with E-state index in [2.05, 4.69) is 46.8 Å². The van der Waals surface area contributed by atoms with Gasteiger partial charge in [-0.25, -0.2) is 0 Å². The predicted octanol–water partition coefficient (Wildman–Crippen LogP) is 4.42. The summed E-state index contributed by atoms with van der Waals surface area (Å²) in [7, 11) is 0. The summed E-state index contributed by atoms with van der Waals surface area (Å²) in [5.41, 5.74) is 4.40. The molecule has 1 saturated heterocycles. The van der Waals surface area contributed by atoms with Gasteiger partial charge in [0.1, 0.15) is 0 Å². The summed E-state index contributed by atoms with van der Waals surface area (Å²) in [6.07, 6.45) is 3.80. The Bertz CT molecular complexity index is 887. The molecule has 1 aliphatic rings. The molecule has 6 heteroatoms. The van der Waals surface area contributed by atoms with E-state index >= 15 is 0 Å². The van der Waals surface area contributed by atoms with Gasteiger partial charge < -0.3 is 20.9 Å². The molecular weight excluding hydrogens is 388 g/mol. The van der Waals surface area contributed by atoms with Gasteiger partial charge in [-0.1, -0.05) is 13.8 Å². The maximum atomic E-state index is 12.4. The number of nitrogens with zero attached hydrogens (tertiary/aromatic N) is 1. The third-order valence-corrected chi connectivity index (χ3v) is 5.47. The van der Waals surface area contributed by atoms with E-state index in [1.54, 1.807) is 6.07 Å². The van der Waals surface area contributed by atoms with Crippen molar-refractivity contribution in [3.05, 3.63) is 53.6 Å². The Balaban J connectivity index is 1.49. The number of benzene rings is 2. The first-order valence-electron chi connectivity index (χ1n) is 11.2. The van der Waals surface area contributed by atoms with Crippen LogP contribution >= 0.6 is 0 Å². The Morgan fingerprint density at radius 3 is 2.35 bits per heavy atom. The summed E-state index contributed by atoms with van der Waals surface area (Å²) in [6.45, 7) is 9.07. The fourth-order valence-electron chi connectivity index (χ4n) is 3.69. The number of aryl methyl sites for hydroxylation is 1. The van der Waals surface area contributed by atoms with Crippen molar-refractivity contribution >= 4 is 28.9 Å². The first kappa shape index (κ1) is 22.7. The lowest BCUT2D eigenvalue weighted by Crippen LogP contribution is -2.29. The summed E-state index contributed by atoms with van der Waals surface area (Å²) < 4.78 is 0. The molecule has 0 aromatic heterocycles. The first-order chi connectivity index (χ1) is 14.9. The quantitative estimate of drug-likeness (QED) is 0.589. The number of carbonyl (C=O) groups is 2. The first-order valence-corrected chi connectivity index (χ1v) is 11.2. The van der Waals surface area contributed by atoms with Crippen molar-refractivity contribution in [3.8, 4) is 0 Å². The van der Waals surface area contributed by atoms with Gasteiger partial charge in [-0.2, -0.15) is 0 Å². The number of hydrogen-bond donors (Lipinski definition) is 3. The highest BCUT2D eigenvalue weighted by Crippen LogP contribution is 2.22. The van der Waals surface area contributed by atoms with E-state index in [-0.39, 0.29) is 18.4 Å². The fourth-order valence-corrected chi connectivity index (χ4v) is 3.69. The van der Waals surface area contributed by atoms with Crippen molar-refractivity contribution in [2.24, 2.45) is 5.92 Å². The van der Waals surface area contributed by atoms with Gasteiger partial charge in [0.05, 0.1) is 6.54 Å². The van der Waals surface area contributed by atoms with Gasteiger partial charge in [0.25, 0.3) is 5.91 Å². The van der Waals surface area contributed by atoms with Gasteiger partial charge >= 0.3 is 0 Å². The minimum atomic E-state index is -0.108. The molecule has 1 aliphatic heterocycles. The van der Waals surface area contributed by atoms with Crippen LogP contribution in [0.25, 0.3) is 0 Å². The van der Waals surface area contributed by atoms with Crippen LogP contribution in [0.5, 0.6) is 0 Å². The molecule has 6 nitrogen and oxygen atoms in total. The highest BCUT2D eigenvalue weighted by molar-refractivity contribution is 5.96. The van der Waals surface area contributed by atoms with Gasteiger partial charge in [0.2, 0.25) is 5.91 Å². The molecule has 166 valence electrons. The average molecular weight is 423 g/mol. The summed E-state index contributed by atoms with van der Waals surface area (Å²) >= 11 is 0. The Morgan fingerprint density at radius 2 is 1.71 bits per heavy atom. The second-order valence-corrected chi connectivity index (χ2v) is 8.63. The van der Waals surface area contributed by atoms with Gasteiger partial charge in [-0.05, 0) is 80.1 Å². The van der Waals surface area contributed by atoms with Gasteiger partial charge in [0, 0.05) is 42.3 Å². The molecule has 2 aromatic carbocycles. The Hall–Kier alpha value is -3.02. The number of carbonyl (C=O) groups excluding carboxylic acids is 2. The predicted molar refractivity (Wildman–Crippen MR) is 128 cm³/mol. The third kappa shape index (κ3) is 6.74. The maximum Gasteiger partial charge on any atom is 0.251 e. The number of nitrogens with one attached hydrogen (secondary N) is 3. The van der Waals surface area contributed by atoms with E-state index in [0.29, 0.717) is 18.0 Å². The number of amides is 2. The second kappa shape index (κ2) is 10.8. The molecule has 2 amide bonds. The van der Waals surface area contributed by atoms with Crippen LogP contribution in [0.1, 0.15) is 49.0 Å². The normalized spacial score (nSPS) is 13.7. The summed E-state index contributed by atoms with van der Waals surface area (Å²) in [5.74, 6) is 0.225. The van der Waals surface area contributed by atoms with E-state index in [0.717, 1.165) is 30.0 Å². The zero-order valence-electron chi connectivity index (χ0n) is 18.8. The fraction of sp³-hybridized carbons (Fsp3) is 0.440. The van der Waals surface area contributed by atoms with Crippen LogP contribution in [0.15, 0.2) is 42.5 Å². The topological polar surface area (TPSA) is 73.5 Å². The van der Waals surface area contributed by atoms with Crippen LogP contribution in [-0.2, 0) is 4.79 Å². The number of anilines is 3. The smallest absolute Gasteiger partial charge is 0.251 e. The van der Waals surface area contributed by atoms with Gasteiger partial charge in [-0.15, -0.1) is 0 Å². The Morgan fingerprint density at radius 1 is 1.00 bits per heavy atom. The molecule has 0 aliphatic carbocycles. The van der Waals surface area contributed by atoms with E-state index in [1.807, 2.05) is 31.2 Å². The zero-order valence-corrected chi connectivity index (χ0v) is 18.8. The van der Waals surface area contributed by atoms with Crippen LogP contribution in [0.4, 0.5) is 17.1 Å². The van der Waals surface area contributed by atoms with Crippen molar-refractivity contribution in [2.45, 2.75) is 40.0 Å². The highest BCUT2D eigenvalue weighted by Gasteiger charge is 2.12. The molecule has 3 N–H and O–H groups in total. The number of piperidine rings is 1. The van der Waals surface area contributed by atoms with Crippen LogP contribution in [-0.4, -0.2) is 38.0 Å². The summed E-state index contributed by atoms with van der Waals surface area (Å²) in [5, 5.41) is 9.02. The maximum absolute atomic E-state index is 12.4. The lowest BCUT2D eigenvalue weighted by Gasteiger charge is -2.28. The van der Waals surface area contributed by atoms with Gasteiger partial charge in [0.15, 0.2) is 0 Å². The van der Waals surface area contributed by atoms with Crippen LogP contribution < -0.4 is 20.9 Å². The molecular formula is C25H34N4O2. The second-order valence-electron chi connectivity index (χ2n) is 8.63. The lowest BCUT2D eigenvalue weighted by molar-refractivity contribution is -0.114. The molecule has 1 fully saturated rings. The molecule has 0 radical (unpaired) electrons. The SMILES string of the molecule is Cc1cc(C(=O)NCC(C)C)ccc1NCC(=O)Nc1ccc(N2CCCCC2)cc1. The van der Waals surface area contributed by atoms with E-state index in [1.165, 1.54) is 24.9 Å². The van der Waals surface area contributed by atoms with Crippen molar-refractivity contribution in [2.75, 3.05) is 41.7 Å². The standard InChI is InChI=1S/C25H34N4O2/c1-18(2)16-27-25(31)20-7-12-23(19(3)15-20)26-17-24(30)28-21-8-10-22(11-9-21)29-13-5-4-6-14-29/h7-12,15,18,26H,4-6,13-14,16-17H2,1-3H3,(H,27,31)(H,28,30). The molecule has 0 saturated carbocycles. The largest absolute Gasteiger partial charge is 0.376 e. The Kier molecular flexibility index (Phi) is 7.93. The molecule has 3 rings (SSSR count). The van der Waals surface area contributed by atoms with Crippen molar-refractivity contribution < 1.29 is 9.59 Å². The van der Waals surface area contributed by atoms with Gasteiger partial charge in [-0.3, -0.25) is 9.59 Å². The Labute approximate surface area is 185 Å². The minimum absolute atomic E-state index is 0.0749. The van der Waals surface area contributed by atoms with Crippen molar-refractivity contribution in [3.63, 3.8) is 0 Å². The molecule has 2 aromatic rings. The number of hydrogen-bond acceptors (Lipinski definition) is 4. The molecule has 0 atom stereocenters. The third-order valence-electron chi connectivity index (χ3n) is 5.47. The van der Waals surface area contributed by atoms with Crippen LogP contribution in [0, 0.1) is 12.8 Å². The molecule has 0 unspecified atom stereocenters. The monoisotopic (exact) mass is 422 g/mol. The molecule has 0 bridgehead atoms. The van der Waals surface area contributed by atoms with E-state index in [9.17, 15) is 9.59 Å². The summed E-state index contributed by atoms with van der Waals surface area (Å²) in [6, 6.07) is 13.5. The van der Waals surface area contributed by atoms with Crippen molar-refractivity contribution in [1.82, 2.24) is 5.32 Å². The molecule has 31 heavy (non-hydrogen) atoms. The number of rotatable bonds is 8. The summed E-state index contributed by atoms with van der Waals surface area (Å²) in [4.78, 5) is 27.0. The van der Waals surface area contributed by atoms with Crippen LogP contribution in [0.3, 0.4) is 0 Å². The average Bonchev–Trinajstić information content (AvgIpc) is 2.77. The van der Waals surface area contributed by atoms with E-state index < -0.39 is 0 Å². The lowest BCUT2D eigenvalue weighted by atomic mass is 10.1. The van der Waals surface area contributed by atoms with E-state index in [4.69, 9.17) is 0 Å². The molecule has 0 spiro atoms. The highest BCUT2D eigenvalue weighted by atomic mass is 16.2. The molecule has 1 heterocycles. The van der Waals surface area contributed by atoms with Crippen molar-refractivity contribution in [1.29, 1.82) is 0 Å². The van der Waals surface area contributed by atoms with Crippen LogP contribution in [0.2, 0.25) is 0 Å². The zero-order chi connectivity index (χ0) is 22.2.